The Kier molecular flexibility index (Phi) is 6.89. The molecule has 0 aliphatic carbocycles. The molecule has 6 nitrogen and oxygen atoms in total. The van der Waals surface area contributed by atoms with Crippen molar-refractivity contribution < 1.29 is 14.6 Å². The fourth-order valence-electron chi connectivity index (χ4n) is 2.71. The lowest BCUT2D eigenvalue weighted by Crippen LogP contribution is -2.29. The first-order chi connectivity index (χ1) is 12.5. The van der Waals surface area contributed by atoms with E-state index in [9.17, 15) is 9.90 Å². The predicted molar refractivity (Wildman–Crippen MR) is 98.7 cm³/mol. The quantitative estimate of drug-likeness (QED) is 0.354. The van der Waals surface area contributed by atoms with Gasteiger partial charge in [0.05, 0.1) is 6.04 Å². The second-order valence-electron chi connectivity index (χ2n) is 5.87. The molecule has 0 aromatic heterocycles. The van der Waals surface area contributed by atoms with E-state index < -0.39 is 17.4 Å². The Morgan fingerprint density at radius 1 is 1.12 bits per heavy atom. The van der Waals surface area contributed by atoms with Gasteiger partial charge in [0, 0.05) is 13.5 Å². The van der Waals surface area contributed by atoms with Crippen LogP contribution in [0.3, 0.4) is 0 Å². The molecule has 134 valence electrons. The van der Waals surface area contributed by atoms with E-state index in [1.54, 1.807) is 0 Å². The van der Waals surface area contributed by atoms with Crippen molar-refractivity contribution in [3.8, 4) is 0 Å². The SMILES string of the molecule is C/C(O)=C(\[N+]#N)C(=O)OCCN(C)C(c1ccccc1)c1ccccc1. The highest BCUT2D eigenvalue weighted by Gasteiger charge is 2.29. The van der Waals surface area contributed by atoms with Crippen LogP contribution in [-0.2, 0) is 9.53 Å². The molecule has 0 amide bonds. The number of allylic oxidation sites excluding steroid dienone is 1. The average Bonchev–Trinajstić information content (AvgIpc) is 2.64. The van der Waals surface area contributed by atoms with Crippen LogP contribution in [0.15, 0.2) is 72.1 Å². The van der Waals surface area contributed by atoms with E-state index in [1.807, 2.05) is 43.4 Å². The van der Waals surface area contributed by atoms with E-state index in [-0.39, 0.29) is 12.6 Å². The molecule has 0 fully saturated rings. The highest BCUT2D eigenvalue weighted by Crippen LogP contribution is 2.27. The largest absolute Gasteiger partial charge is 0.505 e. The van der Waals surface area contributed by atoms with Gasteiger partial charge in [0.15, 0.2) is 10.7 Å². The van der Waals surface area contributed by atoms with Gasteiger partial charge in [0.1, 0.15) is 6.61 Å². The van der Waals surface area contributed by atoms with Gasteiger partial charge in [-0.15, -0.1) is 0 Å². The smallest absolute Gasteiger partial charge is 0.504 e. The van der Waals surface area contributed by atoms with Crippen molar-refractivity contribution in [3.63, 3.8) is 0 Å². The van der Waals surface area contributed by atoms with Crippen molar-refractivity contribution in [3.05, 3.63) is 88.2 Å². The molecule has 0 aliphatic heterocycles. The number of nitrogens with zero attached hydrogens (tertiary/aromatic N) is 3. The summed E-state index contributed by atoms with van der Waals surface area (Å²) in [5.74, 6) is -1.26. The zero-order valence-corrected chi connectivity index (χ0v) is 14.9. The molecular formula is C20H22N3O3+. The standard InChI is InChI=1S/C20H21N3O3/c1-15(24)18(22-21)20(25)26-14-13-23(2)19(16-9-5-3-6-10-16)17-11-7-4-8-12-17/h3-12,19H,13-14H2,1-2H3/p+1. The van der Waals surface area contributed by atoms with Crippen LogP contribution >= 0.6 is 0 Å². The molecule has 2 aromatic rings. The number of likely N-dealkylation sites (N-methyl/N-ethyl adjacent to an activating group) is 1. The lowest BCUT2D eigenvalue weighted by atomic mass is 9.97. The maximum absolute atomic E-state index is 11.8. The molecule has 0 atom stereocenters. The number of carbonyl (C=O) groups is 1. The van der Waals surface area contributed by atoms with Gasteiger partial charge in [0.25, 0.3) is 0 Å². The summed E-state index contributed by atoms with van der Waals surface area (Å²) in [5.41, 5.74) is 1.77. The van der Waals surface area contributed by atoms with Gasteiger partial charge in [-0.25, -0.2) is 4.79 Å². The normalized spacial score (nSPS) is 11.8. The number of rotatable bonds is 7. The van der Waals surface area contributed by atoms with Crippen LogP contribution in [0.25, 0.3) is 4.98 Å². The molecule has 2 rings (SSSR count). The third kappa shape index (κ3) is 4.91. The van der Waals surface area contributed by atoms with Gasteiger partial charge in [-0.05, 0) is 18.2 Å². The lowest BCUT2D eigenvalue weighted by molar-refractivity contribution is -0.139. The first kappa shape index (κ1) is 19.2. The highest BCUT2D eigenvalue weighted by molar-refractivity contribution is 5.90. The molecule has 0 bridgehead atoms. The first-order valence-electron chi connectivity index (χ1n) is 8.26. The summed E-state index contributed by atoms with van der Waals surface area (Å²) < 4.78 is 5.10. The lowest BCUT2D eigenvalue weighted by Gasteiger charge is -2.28. The molecule has 0 spiro atoms. The van der Waals surface area contributed by atoms with Crippen molar-refractivity contribution >= 4 is 5.97 Å². The van der Waals surface area contributed by atoms with E-state index in [0.717, 1.165) is 11.1 Å². The molecule has 0 radical (unpaired) electrons. The number of hydrogen-bond donors (Lipinski definition) is 1. The van der Waals surface area contributed by atoms with Gasteiger partial charge in [-0.3, -0.25) is 4.90 Å². The van der Waals surface area contributed by atoms with Crippen LogP contribution in [0, 0.1) is 5.39 Å². The summed E-state index contributed by atoms with van der Waals surface area (Å²) >= 11 is 0. The zero-order chi connectivity index (χ0) is 18.9. The van der Waals surface area contributed by atoms with Crippen molar-refractivity contribution in [1.82, 2.24) is 4.90 Å². The third-order valence-electron chi connectivity index (χ3n) is 3.98. The third-order valence-corrected chi connectivity index (χ3v) is 3.98. The molecule has 2 aromatic carbocycles. The van der Waals surface area contributed by atoms with E-state index in [2.05, 4.69) is 34.1 Å². The Bertz CT molecular complexity index is 755. The van der Waals surface area contributed by atoms with Crippen molar-refractivity contribution in [1.29, 1.82) is 5.39 Å². The molecule has 0 heterocycles. The number of benzene rings is 2. The summed E-state index contributed by atoms with van der Waals surface area (Å²) in [5, 5.41) is 18.0. The summed E-state index contributed by atoms with van der Waals surface area (Å²) in [6.07, 6.45) is 0. The Hall–Kier alpha value is -3.17. The average molecular weight is 352 g/mol. The van der Waals surface area contributed by atoms with Crippen molar-refractivity contribution in [2.24, 2.45) is 0 Å². The van der Waals surface area contributed by atoms with Gasteiger partial charge in [-0.2, -0.15) is 0 Å². The van der Waals surface area contributed by atoms with Crippen LogP contribution in [0.4, 0.5) is 0 Å². The van der Waals surface area contributed by atoms with Gasteiger partial charge < -0.3 is 9.84 Å². The van der Waals surface area contributed by atoms with Crippen molar-refractivity contribution in [2.75, 3.05) is 20.2 Å². The first-order valence-corrected chi connectivity index (χ1v) is 8.26. The number of diazo groups is 1. The molecule has 26 heavy (non-hydrogen) atoms. The molecule has 0 aliphatic rings. The minimum absolute atomic E-state index is 0.00761. The molecule has 0 saturated carbocycles. The number of carbonyl (C=O) groups excluding carboxylic acids is 1. The summed E-state index contributed by atoms with van der Waals surface area (Å²) in [4.78, 5) is 16.6. The predicted octanol–water partition coefficient (Wildman–Crippen LogP) is 3.89. The minimum atomic E-state index is -0.864. The van der Waals surface area contributed by atoms with Gasteiger partial charge in [-0.1, -0.05) is 60.7 Å². The molecule has 1 N–H and O–H groups in total. The van der Waals surface area contributed by atoms with E-state index in [0.29, 0.717) is 6.54 Å². The summed E-state index contributed by atoms with van der Waals surface area (Å²) in [7, 11) is 1.95. The molecule has 0 unspecified atom stereocenters. The van der Waals surface area contributed by atoms with Gasteiger partial charge in [0.2, 0.25) is 5.39 Å². The van der Waals surface area contributed by atoms with Crippen LogP contribution < -0.4 is 0 Å². The fourth-order valence-corrected chi connectivity index (χ4v) is 2.71. The Morgan fingerprint density at radius 3 is 2.04 bits per heavy atom. The highest BCUT2D eigenvalue weighted by atomic mass is 16.5. The maximum Gasteiger partial charge on any atom is 0.504 e. The Balaban J connectivity index is 2.09. The number of aliphatic hydroxyl groups is 1. The monoisotopic (exact) mass is 352 g/mol. The zero-order valence-electron chi connectivity index (χ0n) is 14.9. The molecule has 0 saturated heterocycles. The molecule has 6 heteroatoms. The summed E-state index contributed by atoms with van der Waals surface area (Å²) in [6, 6.07) is 20.1. The number of hydrogen-bond acceptors (Lipinski definition) is 5. The van der Waals surface area contributed by atoms with E-state index in [4.69, 9.17) is 10.1 Å². The second kappa shape index (κ2) is 9.35. The maximum atomic E-state index is 11.8. The van der Waals surface area contributed by atoms with Crippen LogP contribution in [0.5, 0.6) is 0 Å². The topological polar surface area (TPSA) is 77.9 Å². The Labute approximate surface area is 153 Å². The number of esters is 1. The van der Waals surface area contributed by atoms with Crippen molar-refractivity contribution in [2.45, 2.75) is 13.0 Å². The summed E-state index contributed by atoms with van der Waals surface area (Å²) in [6.45, 7) is 1.81. The second-order valence-corrected chi connectivity index (χ2v) is 5.87. The minimum Gasteiger partial charge on any atom is -0.505 e. The number of aliphatic hydroxyl groups excluding tert-OH is 1. The molecular weight excluding hydrogens is 330 g/mol. The van der Waals surface area contributed by atoms with E-state index in [1.165, 1.54) is 6.92 Å². The Morgan fingerprint density at radius 2 is 1.62 bits per heavy atom. The van der Waals surface area contributed by atoms with E-state index >= 15 is 0 Å². The van der Waals surface area contributed by atoms with Crippen LogP contribution in [-0.4, -0.2) is 36.2 Å². The van der Waals surface area contributed by atoms with Crippen LogP contribution in [0.2, 0.25) is 0 Å². The fraction of sp³-hybridized carbons (Fsp3) is 0.250. The number of ether oxygens (including phenoxy) is 1. The van der Waals surface area contributed by atoms with Gasteiger partial charge >= 0.3 is 11.7 Å². The van der Waals surface area contributed by atoms with Crippen LogP contribution in [0.1, 0.15) is 24.1 Å².